The standard InChI is InChI=1S/C25H25FN2O7S/c1-33-22-13-20(25(30)35-3)21(14-23(22)34-2)27-24(29)16-28(15-17-9-11-18(26)12-10-17)36(31,32)19-7-5-4-6-8-19/h4-14H,15-16H2,1-3H3,(H,27,29). The van der Waals surface area contributed by atoms with Gasteiger partial charge in [-0.25, -0.2) is 17.6 Å². The summed E-state index contributed by atoms with van der Waals surface area (Å²) in [5, 5.41) is 2.56. The molecule has 3 aromatic rings. The van der Waals surface area contributed by atoms with Crippen LogP contribution in [0.4, 0.5) is 10.1 Å². The lowest BCUT2D eigenvalue weighted by molar-refractivity contribution is -0.116. The summed E-state index contributed by atoms with van der Waals surface area (Å²) in [5.74, 6) is -1.47. The molecule has 1 amide bonds. The van der Waals surface area contributed by atoms with Crippen LogP contribution in [0, 0.1) is 5.82 Å². The molecule has 0 saturated heterocycles. The number of carbonyl (C=O) groups is 2. The van der Waals surface area contributed by atoms with E-state index in [4.69, 9.17) is 14.2 Å². The van der Waals surface area contributed by atoms with Gasteiger partial charge in [0.15, 0.2) is 11.5 Å². The molecular weight excluding hydrogens is 491 g/mol. The fourth-order valence-electron chi connectivity index (χ4n) is 3.37. The SMILES string of the molecule is COC(=O)c1cc(OC)c(OC)cc1NC(=O)CN(Cc1ccc(F)cc1)S(=O)(=O)c1ccccc1. The predicted molar refractivity (Wildman–Crippen MR) is 130 cm³/mol. The maximum atomic E-state index is 13.4. The number of halogens is 1. The van der Waals surface area contributed by atoms with E-state index in [1.165, 1.54) is 69.9 Å². The molecule has 0 aliphatic heterocycles. The van der Waals surface area contributed by atoms with Gasteiger partial charge in [-0.05, 0) is 29.8 Å². The van der Waals surface area contributed by atoms with E-state index in [-0.39, 0.29) is 34.2 Å². The fraction of sp³-hybridized carbons (Fsp3) is 0.200. The molecule has 0 aliphatic rings. The molecule has 11 heteroatoms. The second-order valence-corrected chi connectivity index (χ2v) is 9.44. The van der Waals surface area contributed by atoms with Crippen LogP contribution in [0.25, 0.3) is 0 Å². The van der Waals surface area contributed by atoms with Gasteiger partial charge in [0, 0.05) is 18.7 Å². The lowest BCUT2D eigenvalue weighted by Crippen LogP contribution is -2.37. The number of esters is 1. The van der Waals surface area contributed by atoms with Crippen LogP contribution >= 0.6 is 0 Å². The van der Waals surface area contributed by atoms with Crippen molar-refractivity contribution < 1.29 is 36.6 Å². The Morgan fingerprint density at radius 2 is 1.53 bits per heavy atom. The van der Waals surface area contributed by atoms with E-state index in [9.17, 15) is 22.4 Å². The first-order chi connectivity index (χ1) is 17.2. The molecule has 1 N–H and O–H groups in total. The molecule has 0 saturated carbocycles. The first kappa shape index (κ1) is 26.6. The number of ether oxygens (including phenoxy) is 3. The van der Waals surface area contributed by atoms with Crippen LogP contribution in [0.15, 0.2) is 71.6 Å². The first-order valence-electron chi connectivity index (χ1n) is 10.6. The average molecular weight is 517 g/mol. The summed E-state index contributed by atoms with van der Waals surface area (Å²) in [4.78, 5) is 25.4. The van der Waals surface area contributed by atoms with Crippen LogP contribution < -0.4 is 14.8 Å². The van der Waals surface area contributed by atoms with E-state index in [2.05, 4.69) is 5.32 Å². The lowest BCUT2D eigenvalue weighted by atomic mass is 10.1. The van der Waals surface area contributed by atoms with Crippen molar-refractivity contribution in [1.29, 1.82) is 0 Å². The van der Waals surface area contributed by atoms with Crippen molar-refractivity contribution in [2.75, 3.05) is 33.2 Å². The van der Waals surface area contributed by atoms with Crippen LogP contribution in [0.1, 0.15) is 15.9 Å². The zero-order valence-electron chi connectivity index (χ0n) is 19.9. The van der Waals surface area contributed by atoms with Gasteiger partial charge < -0.3 is 19.5 Å². The highest BCUT2D eigenvalue weighted by atomic mass is 32.2. The Labute approximate surface area is 208 Å². The third kappa shape index (κ3) is 6.18. The highest BCUT2D eigenvalue weighted by Crippen LogP contribution is 2.34. The Morgan fingerprint density at radius 1 is 0.917 bits per heavy atom. The second kappa shape index (κ2) is 11.6. The molecule has 0 radical (unpaired) electrons. The molecular formula is C25H25FN2O7S. The summed E-state index contributed by atoms with van der Waals surface area (Å²) in [5.41, 5.74) is 0.507. The van der Waals surface area contributed by atoms with Crippen molar-refractivity contribution >= 4 is 27.6 Å². The van der Waals surface area contributed by atoms with E-state index in [0.29, 0.717) is 5.56 Å². The Hall–Kier alpha value is -3.96. The maximum absolute atomic E-state index is 13.4. The van der Waals surface area contributed by atoms with Crippen LogP contribution in [0.3, 0.4) is 0 Å². The van der Waals surface area contributed by atoms with Gasteiger partial charge in [-0.3, -0.25) is 4.79 Å². The Balaban J connectivity index is 1.95. The van der Waals surface area contributed by atoms with Crippen LogP contribution in [-0.4, -0.2) is 52.5 Å². The van der Waals surface area contributed by atoms with Gasteiger partial charge in [0.1, 0.15) is 5.82 Å². The van der Waals surface area contributed by atoms with Crippen LogP contribution in [-0.2, 0) is 26.1 Å². The van der Waals surface area contributed by atoms with Crippen molar-refractivity contribution in [3.8, 4) is 11.5 Å². The molecule has 9 nitrogen and oxygen atoms in total. The minimum Gasteiger partial charge on any atom is -0.493 e. The third-order valence-electron chi connectivity index (χ3n) is 5.18. The fourth-order valence-corrected chi connectivity index (χ4v) is 4.78. The number of carbonyl (C=O) groups excluding carboxylic acids is 2. The van der Waals surface area contributed by atoms with Crippen molar-refractivity contribution in [3.05, 3.63) is 83.7 Å². The summed E-state index contributed by atoms with van der Waals surface area (Å²) in [7, 11) is -0.152. The topological polar surface area (TPSA) is 111 Å². The van der Waals surface area contributed by atoms with Gasteiger partial charge in [0.2, 0.25) is 15.9 Å². The Kier molecular flexibility index (Phi) is 8.62. The summed E-state index contributed by atoms with van der Waals surface area (Å²) < 4.78 is 56.3. The van der Waals surface area contributed by atoms with Crippen molar-refractivity contribution in [2.24, 2.45) is 0 Å². The van der Waals surface area contributed by atoms with E-state index in [0.717, 1.165) is 4.31 Å². The second-order valence-electron chi connectivity index (χ2n) is 7.51. The molecule has 0 aromatic heterocycles. The first-order valence-corrected chi connectivity index (χ1v) is 12.1. The summed E-state index contributed by atoms with van der Waals surface area (Å²) in [6.45, 7) is -0.787. The number of nitrogens with one attached hydrogen (secondary N) is 1. The largest absolute Gasteiger partial charge is 0.493 e. The highest BCUT2D eigenvalue weighted by molar-refractivity contribution is 7.89. The number of methoxy groups -OCH3 is 3. The van der Waals surface area contributed by atoms with Crippen molar-refractivity contribution in [1.82, 2.24) is 4.31 Å². The lowest BCUT2D eigenvalue weighted by Gasteiger charge is -2.22. The van der Waals surface area contributed by atoms with Gasteiger partial charge in [0.05, 0.1) is 44.0 Å². The zero-order chi connectivity index (χ0) is 26.3. The quantitative estimate of drug-likeness (QED) is 0.411. The summed E-state index contributed by atoms with van der Waals surface area (Å²) >= 11 is 0. The number of anilines is 1. The number of sulfonamides is 1. The number of hydrogen-bond donors (Lipinski definition) is 1. The van der Waals surface area contributed by atoms with Gasteiger partial charge in [-0.2, -0.15) is 4.31 Å². The van der Waals surface area contributed by atoms with E-state index < -0.39 is 34.3 Å². The van der Waals surface area contributed by atoms with Crippen molar-refractivity contribution in [3.63, 3.8) is 0 Å². The van der Waals surface area contributed by atoms with Gasteiger partial charge in [-0.1, -0.05) is 30.3 Å². The molecule has 190 valence electrons. The third-order valence-corrected chi connectivity index (χ3v) is 6.98. The molecule has 0 unspecified atom stereocenters. The smallest absolute Gasteiger partial charge is 0.340 e. The molecule has 3 aromatic carbocycles. The van der Waals surface area contributed by atoms with Gasteiger partial charge in [0.25, 0.3) is 0 Å². The summed E-state index contributed by atoms with van der Waals surface area (Å²) in [6, 6.07) is 15.6. The van der Waals surface area contributed by atoms with E-state index >= 15 is 0 Å². The molecule has 0 bridgehead atoms. The van der Waals surface area contributed by atoms with Crippen molar-refractivity contribution in [2.45, 2.75) is 11.4 Å². The number of nitrogens with zero attached hydrogens (tertiary/aromatic N) is 1. The molecule has 3 rings (SSSR count). The number of amides is 1. The number of rotatable bonds is 10. The minimum atomic E-state index is -4.11. The van der Waals surface area contributed by atoms with Gasteiger partial charge >= 0.3 is 5.97 Å². The normalized spacial score (nSPS) is 11.1. The monoisotopic (exact) mass is 516 g/mol. The zero-order valence-corrected chi connectivity index (χ0v) is 20.7. The molecule has 36 heavy (non-hydrogen) atoms. The van der Waals surface area contributed by atoms with Crippen LogP contribution in [0.5, 0.6) is 11.5 Å². The molecule has 0 spiro atoms. The minimum absolute atomic E-state index is 0.0127. The maximum Gasteiger partial charge on any atom is 0.340 e. The molecule has 0 atom stereocenters. The Bertz CT molecular complexity index is 1330. The van der Waals surface area contributed by atoms with Gasteiger partial charge in [-0.15, -0.1) is 0 Å². The molecule has 0 fully saturated rings. The molecule has 0 aliphatic carbocycles. The highest BCUT2D eigenvalue weighted by Gasteiger charge is 2.28. The molecule has 0 heterocycles. The van der Waals surface area contributed by atoms with E-state index in [1.807, 2.05) is 0 Å². The number of hydrogen-bond acceptors (Lipinski definition) is 7. The predicted octanol–water partition coefficient (Wildman–Crippen LogP) is 3.46. The van der Waals surface area contributed by atoms with E-state index in [1.54, 1.807) is 18.2 Å². The van der Waals surface area contributed by atoms with Crippen LogP contribution in [0.2, 0.25) is 0 Å². The Morgan fingerprint density at radius 3 is 2.11 bits per heavy atom. The summed E-state index contributed by atoms with van der Waals surface area (Å²) in [6.07, 6.45) is 0. The average Bonchev–Trinajstić information content (AvgIpc) is 2.89. The number of benzene rings is 3.